The summed E-state index contributed by atoms with van der Waals surface area (Å²) in [5, 5.41) is 8.23. The van der Waals surface area contributed by atoms with Crippen molar-refractivity contribution in [3.05, 3.63) is 71.4 Å². The van der Waals surface area contributed by atoms with Gasteiger partial charge >= 0.3 is 0 Å². The average molecular weight is 416 g/mol. The highest BCUT2D eigenvalue weighted by atomic mass is 16.5. The van der Waals surface area contributed by atoms with Gasteiger partial charge in [0.1, 0.15) is 11.5 Å². The van der Waals surface area contributed by atoms with Gasteiger partial charge in [0.2, 0.25) is 0 Å². The van der Waals surface area contributed by atoms with E-state index in [1.54, 1.807) is 18.9 Å². The van der Waals surface area contributed by atoms with Crippen LogP contribution in [0.25, 0.3) is 22.3 Å². The number of rotatable bonds is 6. The van der Waals surface area contributed by atoms with Gasteiger partial charge < -0.3 is 14.8 Å². The zero-order valence-electron chi connectivity index (χ0n) is 18.0. The number of ether oxygens (including phenoxy) is 2. The molecule has 2 heterocycles. The van der Waals surface area contributed by atoms with Crippen LogP contribution in [0, 0.1) is 6.92 Å². The maximum atomic E-state index is 13.3. The highest BCUT2D eigenvalue weighted by molar-refractivity contribution is 6.07. The lowest BCUT2D eigenvalue weighted by Crippen LogP contribution is -2.23. The summed E-state index contributed by atoms with van der Waals surface area (Å²) in [7, 11) is 5.04. The quantitative estimate of drug-likeness (QED) is 0.516. The van der Waals surface area contributed by atoms with Gasteiger partial charge in [0.25, 0.3) is 5.91 Å². The summed E-state index contributed by atoms with van der Waals surface area (Å²) in [6.07, 6.45) is 0. The van der Waals surface area contributed by atoms with Gasteiger partial charge in [-0.15, -0.1) is 0 Å². The van der Waals surface area contributed by atoms with Gasteiger partial charge in [-0.25, -0.2) is 4.98 Å². The molecule has 4 aromatic rings. The number of carbonyl (C=O) groups excluding carboxylic acids is 1. The second-order valence-corrected chi connectivity index (χ2v) is 7.19. The Hall–Kier alpha value is -3.87. The van der Waals surface area contributed by atoms with Crippen molar-refractivity contribution < 1.29 is 14.3 Å². The molecule has 7 nitrogen and oxygen atoms in total. The number of carbonyl (C=O) groups is 1. The first-order valence-electron chi connectivity index (χ1n) is 9.90. The molecule has 0 radical (unpaired) electrons. The number of pyridine rings is 1. The monoisotopic (exact) mass is 416 g/mol. The third kappa shape index (κ3) is 3.94. The smallest absolute Gasteiger partial charge is 0.252 e. The summed E-state index contributed by atoms with van der Waals surface area (Å²) >= 11 is 0. The summed E-state index contributed by atoms with van der Waals surface area (Å²) in [5.74, 6) is 1.18. The largest absolute Gasteiger partial charge is 0.497 e. The fourth-order valence-corrected chi connectivity index (χ4v) is 3.67. The molecule has 0 saturated carbocycles. The second kappa shape index (κ2) is 8.47. The number of methoxy groups -OCH3 is 2. The third-order valence-electron chi connectivity index (χ3n) is 5.21. The van der Waals surface area contributed by atoms with E-state index in [1.165, 1.54) is 0 Å². The Labute approximate surface area is 180 Å². The van der Waals surface area contributed by atoms with E-state index in [1.807, 2.05) is 68.6 Å². The predicted molar refractivity (Wildman–Crippen MR) is 119 cm³/mol. The summed E-state index contributed by atoms with van der Waals surface area (Å²) in [5.41, 5.74) is 4.45. The van der Waals surface area contributed by atoms with Gasteiger partial charge in [0.05, 0.1) is 36.6 Å². The number of nitrogens with zero attached hydrogens (tertiary/aromatic N) is 3. The minimum Gasteiger partial charge on any atom is -0.497 e. The first kappa shape index (κ1) is 20.4. The molecule has 1 amide bonds. The van der Waals surface area contributed by atoms with Crippen LogP contribution < -0.4 is 14.8 Å². The van der Waals surface area contributed by atoms with Crippen LogP contribution in [0.1, 0.15) is 21.6 Å². The average Bonchev–Trinajstić information content (AvgIpc) is 3.10. The summed E-state index contributed by atoms with van der Waals surface area (Å²) < 4.78 is 12.4. The minimum atomic E-state index is -0.203. The number of nitrogens with one attached hydrogen (secondary N) is 1. The Morgan fingerprint density at radius 2 is 1.84 bits per heavy atom. The van der Waals surface area contributed by atoms with Crippen LogP contribution in [0.4, 0.5) is 0 Å². The lowest BCUT2D eigenvalue weighted by Gasteiger charge is -2.13. The van der Waals surface area contributed by atoms with Crippen LogP contribution in [0.5, 0.6) is 11.5 Å². The van der Waals surface area contributed by atoms with Crippen molar-refractivity contribution in [3.63, 3.8) is 0 Å². The Balaban J connectivity index is 1.72. The van der Waals surface area contributed by atoms with Gasteiger partial charge in [0.15, 0.2) is 5.65 Å². The van der Waals surface area contributed by atoms with Crippen LogP contribution in [0.15, 0.2) is 54.6 Å². The summed E-state index contributed by atoms with van der Waals surface area (Å²) in [4.78, 5) is 18.0. The molecule has 0 unspecified atom stereocenters. The van der Waals surface area contributed by atoms with Crippen molar-refractivity contribution >= 4 is 16.9 Å². The van der Waals surface area contributed by atoms with E-state index in [9.17, 15) is 4.79 Å². The standard InChI is InChI=1S/C24H24N4O3/c1-15-22-19(24(29)25-14-17-12-18(30-3)10-11-21(17)31-4)13-20(16-8-6-5-7-9-16)26-23(22)28(2)27-15/h5-13H,14H2,1-4H3,(H,25,29). The SMILES string of the molecule is COc1ccc(OC)c(CNC(=O)c2cc(-c3ccccc3)nc3c2c(C)nn3C)c1. The van der Waals surface area contributed by atoms with Crippen molar-refractivity contribution in [2.24, 2.45) is 7.05 Å². The molecule has 0 fully saturated rings. The van der Waals surface area contributed by atoms with E-state index in [0.29, 0.717) is 29.3 Å². The molecule has 1 N–H and O–H groups in total. The van der Waals surface area contributed by atoms with Gasteiger partial charge in [0, 0.05) is 24.7 Å². The molecule has 0 atom stereocenters. The number of benzene rings is 2. The zero-order valence-corrected chi connectivity index (χ0v) is 18.0. The van der Waals surface area contributed by atoms with Crippen LogP contribution in [0.2, 0.25) is 0 Å². The van der Waals surface area contributed by atoms with E-state index < -0.39 is 0 Å². The normalized spacial score (nSPS) is 10.8. The highest BCUT2D eigenvalue weighted by Gasteiger charge is 2.19. The fourth-order valence-electron chi connectivity index (χ4n) is 3.67. The number of amides is 1. The maximum absolute atomic E-state index is 13.3. The van der Waals surface area contributed by atoms with Crippen molar-refractivity contribution in [1.29, 1.82) is 0 Å². The Kier molecular flexibility index (Phi) is 5.58. The number of hydrogen-bond donors (Lipinski definition) is 1. The van der Waals surface area contributed by atoms with Crippen molar-refractivity contribution in [2.45, 2.75) is 13.5 Å². The van der Waals surface area contributed by atoms with Crippen LogP contribution in [-0.4, -0.2) is 34.9 Å². The maximum Gasteiger partial charge on any atom is 0.252 e. The lowest BCUT2D eigenvalue weighted by atomic mass is 10.0. The number of hydrogen-bond acceptors (Lipinski definition) is 5. The molecular formula is C24H24N4O3. The molecule has 31 heavy (non-hydrogen) atoms. The topological polar surface area (TPSA) is 78.3 Å². The zero-order chi connectivity index (χ0) is 22.0. The predicted octanol–water partition coefficient (Wildman–Crippen LogP) is 3.89. The molecule has 0 bridgehead atoms. The van der Waals surface area contributed by atoms with Gasteiger partial charge in [-0.2, -0.15) is 5.10 Å². The van der Waals surface area contributed by atoms with Gasteiger partial charge in [-0.1, -0.05) is 30.3 Å². The number of aromatic nitrogens is 3. The first-order valence-corrected chi connectivity index (χ1v) is 9.90. The number of aryl methyl sites for hydroxylation is 2. The van der Waals surface area contributed by atoms with Crippen molar-refractivity contribution in [3.8, 4) is 22.8 Å². The van der Waals surface area contributed by atoms with Gasteiger partial charge in [-0.05, 0) is 31.2 Å². The molecule has 0 saturated heterocycles. The van der Waals surface area contributed by atoms with Crippen molar-refractivity contribution in [2.75, 3.05) is 14.2 Å². The Bertz CT molecular complexity index is 1250. The van der Waals surface area contributed by atoms with Crippen molar-refractivity contribution in [1.82, 2.24) is 20.1 Å². The molecule has 0 aliphatic carbocycles. The lowest BCUT2D eigenvalue weighted by molar-refractivity contribution is 0.0952. The van der Waals surface area contributed by atoms with Crippen LogP contribution >= 0.6 is 0 Å². The Morgan fingerprint density at radius 1 is 1.06 bits per heavy atom. The fraction of sp³-hybridized carbons (Fsp3) is 0.208. The molecule has 0 aliphatic heterocycles. The van der Waals surface area contributed by atoms with E-state index in [-0.39, 0.29) is 5.91 Å². The molecular weight excluding hydrogens is 392 g/mol. The molecule has 2 aromatic heterocycles. The number of fused-ring (bicyclic) bond motifs is 1. The van der Waals surface area contributed by atoms with E-state index >= 15 is 0 Å². The summed E-state index contributed by atoms with van der Waals surface area (Å²) in [6.45, 7) is 2.18. The molecule has 0 spiro atoms. The minimum absolute atomic E-state index is 0.203. The second-order valence-electron chi connectivity index (χ2n) is 7.19. The molecule has 4 rings (SSSR count). The molecule has 7 heteroatoms. The molecule has 158 valence electrons. The van der Waals surface area contributed by atoms with Crippen LogP contribution in [-0.2, 0) is 13.6 Å². The molecule has 0 aliphatic rings. The molecule has 2 aromatic carbocycles. The van der Waals surface area contributed by atoms with E-state index in [2.05, 4.69) is 10.4 Å². The van der Waals surface area contributed by atoms with E-state index in [0.717, 1.165) is 27.9 Å². The first-order chi connectivity index (χ1) is 15.0. The van der Waals surface area contributed by atoms with E-state index in [4.69, 9.17) is 14.5 Å². The van der Waals surface area contributed by atoms with Gasteiger partial charge in [-0.3, -0.25) is 9.48 Å². The Morgan fingerprint density at radius 3 is 2.55 bits per heavy atom. The summed E-state index contributed by atoms with van der Waals surface area (Å²) in [6, 6.07) is 17.1. The third-order valence-corrected chi connectivity index (χ3v) is 5.21. The van der Waals surface area contributed by atoms with Crippen LogP contribution in [0.3, 0.4) is 0 Å². The highest BCUT2D eigenvalue weighted by Crippen LogP contribution is 2.28.